The van der Waals surface area contributed by atoms with E-state index in [2.05, 4.69) is 150 Å². The molecule has 3 rings (SSSR count). The SMILES string of the molecule is CCCCN(CCCC)c1ccc(CNCCN(CCNCc2ccc(N(CCCC)CCCC)cc2)CCNCc2ccc(N(CCCC)CCCC)cc2)cc1. The molecule has 0 spiro atoms. The fourth-order valence-corrected chi connectivity index (χ4v) is 7.42. The maximum atomic E-state index is 3.76. The highest BCUT2D eigenvalue weighted by molar-refractivity contribution is 5.49. The van der Waals surface area contributed by atoms with Crippen molar-refractivity contribution in [2.24, 2.45) is 0 Å². The molecule has 3 N–H and O–H groups in total. The van der Waals surface area contributed by atoms with Crippen molar-refractivity contribution < 1.29 is 0 Å². The number of nitrogens with zero attached hydrogens (tertiary/aromatic N) is 4. The van der Waals surface area contributed by atoms with Gasteiger partial charge in [0.05, 0.1) is 0 Å². The summed E-state index contributed by atoms with van der Waals surface area (Å²) in [4.78, 5) is 10.3. The van der Waals surface area contributed by atoms with Gasteiger partial charge in [-0.25, -0.2) is 0 Å². The minimum absolute atomic E-state index is 0.906. The van der Waals surface area contributed by atoms with E-state index in [0.29, 0.717) is 0 Å². The van der Waals surface area contributed by atoms with E-state index in [1.807, 2.05) is 0 Å². The monoisotopic (exact) mass is 798 g/mol. The van der Waals surface area contributed by atoms with Gasteiger partial charge in [-0.3, -0.25) is 4.90 Å². The van der Waals surface area contributed by atoms with E-state index >= 15 is 0 Å². The van der Waals surface area contributed by atoms with Gasteiger partial charge in [0, 0.05) is 115 Å². The van der Waals surface area contributed by atoms with Crippen LogP contribution in [0.1, 0.15) is 135 Å². The highest BCUT2D eigenvalue weighted by Gasteiger charge is 2.10. The first-order chi connectivity index (χ1) is 28.5. The van der Waals surface area contributed by atoms with E-state index in [9.17, 15) is 0 Å². The van der Waals surface area contributed by atoms with Gasteiger partial charge in [-0.05, 0) is 91.6 Å². The Morgan fingerprint density at radius 2 is 0.534 bits per heavy atom. The van der Waals surface area contributed by atoms with E-state index in [1.54, 1.807) is 0 Å². The second-order valence-electron chi connectivity index (χ2n) is 16.5. The first-order valence-electron chi connectivity index (χ1n) is 23.9. The van der Waals surface area contributed by atoms with Crippen LogP contribution >= 0.6 is 0 Å². The Labute approximate surface area is 357 Å². The summed E-state index contributed by atoms with van der Waals surface area (Å²) in [6.07, 6.45) is 15.0. The predicted octanol–water partition coefficient (Wildman–Crippen LogP) is 10.9. The maximum absolute atomic E-state index is 3.76. The number of anilines is 3. The Balaban J connectivity index is 1.52. The molecule has 0 unspecified atom stereocenters. The molecule has 0 aromatic heterocycles. The van der Waals surface area contributed by atoms with Crippen molar-refractivity contribution in [2.75, 3.05) is 93.2 Å². The third kappa shape index (κ3) is 20.2. The topological polar surface area (TPSA) is 49.1 Å². The molecular weight excluding hydrogens is 711 g/mol. The molecule has 0 amide bonds. The molecule has 7 heteroatoms. The first kappa shape index (κ1) is 49.3. The van der Waals surface area contributed by atoms with Gasteiger partial charge in [0.25, 0.3) is 0 Å². The first-order valence-corrected chi connectivity index (χ1v) is 23.9. The van der Waals surface area contributed by atoms with Crippen LogP contribution in [0.3, 0.4) is 0 Å². The van der Waals surface area contributed by atoms with Crippen molar-refractivity contribution in [1.29, 1.82) is 0 Å². The van der Waals surface area contributed by atoms with E-state index < -0.39 is 0 Å². The van der Waals surface area contributed by atoms with Gasteiger partial charge in [-0.1, -0.05) is 116 Å². The molecular formula is C51H87N7. The molecule has 3 aromatic rings. The van der Waals surface area contributed by atoms with Gasteiger partial charge < -0.3 is 30.7 Å². The minimum atomic E-state index is 0.906. The molecule has 3 aromatic carbocycles. The molecule has 0 saturated heterocycles. The van der Waals surface area contributed by atoms with Crippen LogP contribution in [-0.4, -0.2) is 83.4 Å². The average molecular weight is 798 g/mol. The van der Waals surface area contributed by atoms with E-state index in [4.69, 9.17) is 0 Å². The molecule has 0 radical (unpaired) electrons. The third-order valence-electron chi connectivity index (χ3n) is 11.4. The van der Waals surface area contributed by atoms with E-state index in [-0.39, 0.29) is 0 Å². The van der Waals surface area contributed by atoms with Gasteiger partial charge in [0.15, 0.2) is 0 Å². The van der Waals surface area contributed by atoms with Gasteiger partial charge in [0.1, 0.15) is 0 Å². The predicted molar refractivity (Wildman–Crippen MR) is 257 cm³/mol. The summed E-state index contributed by atoms with van der Waals surface area (Å²) < 4.78 is 0. The van der Waals surface area contributed by atoms with Crippen LogP contribution in [0, 0.1) is 0 Å². The lowest BCUT2D eigenvalue weighted by Gasteiger charge is -2.25. The zero-order valence-corrected chi connectivity index (χ0v) is 38.3. The standard InChI is InChI=1S/C51H87N7/c1-7-13-34-56(35-14-8-2)49-25-19-46(20-26-49)43-52-31-40-55(41-32-53-44-47-21-27-50(28-22-47)57(36-15-9-3)37-16-10-4)42-33-54-45-48-23-29-51(30-24-48)58(38-17-11-5)39-18-12-6/h19-30,52-54H,7-18,31-45H2,1-6H3. The molecule has 0 atom stereocenters. The number of benzene rings is 3. The lowest BCUT2D eigenvalue weighted by atomic mass is 10.1. The Kier molecular flexibility index (Phi) is 27.0. The minimum Gasteiger partial charge on any atom is -0.372 e. The smallest absolute Gasteiger partial charge is 0.0366 e. The summed E-state index contributed by atoms with van der Waals surface area (Å²) in [7, 11) is 0. The highest BCUT2D eigenvalue weighted by Crippen LogP contribution is 2.20. The third-order valence-corrected chi connectivity index (χ3v) is 11.4. The molecule has 7 nitrogen and oxygen atoms in total. The average Bonchev–Trinajstić information content (AvgIpc) is 3.26. The largest absolute Gasteiger partial charge is 0.372 e. The molecule has 0 saturated carbocycles. The molecule has 0 aliphatic carbocycles. The second kappa shape index (κ2) is 31.8. The lowest BCUT2D eigenvalue weighted by Crippen LogP contribution is -2.40. The fourth-order valence-electron chi connectivity index (χ4n) is 7.42. The lowest BCUT2D eigenvalue weighted by molar-refractivity contribution is 0.271. The number of hydrogen-bond donors (Lipinski definition) is 3. The van der Waals surface area contributed by atoms with Gasteiger partial charge in [-0.2, -0.15) is 0 Å². The number of nitrogens with one attached hydrogen (secondary N) is 3. The fraction of sp³-hybridized carbons (Fsp3) is 0.647. The summed E-state index contributed by atoms with van der Waals surface area (Å²) in [5.41, 5.74) is 8.18. The zero-order chi connectivity index (χ0) is 41.5. The van der Waals surface area contributed by atoms with Crippen LogP contribution in [0.2, 0.25) is 0 Å². The van der Waals surface area contributed by atoms with Crippen molar-refractivity contribution in [3.63, 3.8) is 0 Å². The van der Waals surface area contributed by atoms with E-state index in [0.717, 1.165) is 98.2 Å². The molecule has 0 fully saturated rings. The summed E-state index contributed by atoms with van der Waals surface area (Å²) in [6.45, 7) is 29.4. The van der Waals surface area contributed by atoms with Crippen LogP contribution in [-0.2, 0) is 19.6 Å². The van der Waals surface area contributed by atoms with Crippen LogP contribution in [0.5, 0.6) is 0 Å². The summed E-state index contributed by atoms with van der Waals surface area (Å²) >= 11 is 0. The number of unbranched alkanes of at least 4 members (excludes halogenated alkanes) is 6. The highest BCUT2D eigenvalue weighted by atomic mass is 15.2. The van der Waals surface area contributed by atoms with E-state index in [1.165, 1.54) is 111 Å². The molecule has 58 heavy (non-hydrogen) atoms. The zero-order valence-electron chi connectivity index (χ0n) is 38.3. The van der Waals surface area contributed by atoms with Crippen LogP contribution in [0.25, 0.3) is 0 Å². The quantitative estimate of drug-likeness (QED) is 0.0507. The van der Waals surface area contributed by atoms with Gasteiger partial charge in [0.2, 0.25) is 0 Å². The van der Waals surface area contributed by atoms with Gasteiger partial charge in [-0.15, -0.1) is 0 Å². The van der Waals surface area contributed by atoms with Crippen LogP contribution in [0.4, 0.5) is 17.1 Å². The molecule has 0 aliphatic rings. The van der Waals surface area contributed by atoms with Crippen molar-refractivity contribution in [3.8, 4) is 0 Å². The molecule has 0 heterocycles. The molecule has 326 valence electrons. The summed E-state index contributed by atoms with van der Waals surface area (Å²) in [5.74, 6) is 0. The normalized spacial score (nSPS) is 11.4. The summed E-state index contributed by atoms with van der Waals surface area (Å²) in [6, 6.07) is 27.9. The maximum Gasteiger partial charge on any atom is 0.0366 e. The van der Waals surface area contributed by atoms with Crippen LogP contribution < -0.4 is 30.7 Å². The van der Waals surface area contributed by atoms with Crippen molar-refractivity contribution in [2.45, 2.75) is 138 Å². The van der Waals surface area contributed by atoms with Gasteiger partial charge >= 0.3 is 0 Å². The second-order valence-corrected chi connectivity index (χ2v) is 16.5. The Bertz CT molecular complexity index is 1180. The number of rotatable bonds is 36. The van der Waals surface area contributed by atoms with Crippen LogP contribution in [0.15, 0.2) is 72.8 Å². The summed E-state index contributed by atoms with van der Waals surface area (Å²) in [5, 5.41) is 11.3. The van der Waals surface area contributed by atoms with Crippen molar-refractivity contribution >= 4 is 17.1 Å². The Morgan fingerprint density at radius 3 is 0.741 bits per heavy atom. The van der Waals surface area contributed by atoms with Crippen molar-refractivity contribution in [1.82, 2.24) is 20.9 Å². The molecule has 0 bridgehead atoms. The Morgan fingerprint density at radius 1 is 0.310 bits per heavy atom. The Hall–Kier alpha value is -3.10. The number of hydrogen-bond acceptors (Lipinski definition) is 7. The van der Waals surface area contributed by atoms with Crippen molar-refractivity contribution in [3.05, 3.63) is 89.5 Å². The molecule has 0 aliphatic heterocycles.